The second kappa shape index (κ2) is 5.49. The monoisotopic (exact) mass is 207 g/mol. The Morgan fingerprint density at radius 1 is 1.20 bits per heavy atom. The first-order chi connectivity index (χ1) is 7.09. The van der Waals surface area contributed by atoms with Gasteiger partial charge in [0, 0.05) is 18.5 Å². The minimum Gasteiger partial charge on any atom is -0.352 e. The predicted octanol–water partition coefficient (Wildman–Crippen LogP) is 1.75. The lowest BCUT2D eigenvalue weighted by atomic mass is 10.1. The van der Waals surface area contributed by atoms with Gasteiger partial charge in [-0.1, -0.05) is 11.6 Å². The molecule has 0 bridgehead atoms. The topological polar surface area (TPSA) is 46.2 Å². The predicted molar refractivity (Wildman–Crippen MR) is 59.4 cm³/mol. The van der Waals surface area contributed by atoms with Crippen LogP contribution < -0.4 is 5.32 Å². The van der Waals surface area contributed by atoms with E-state index in [0.29, 0.717) is 18.5 Å². The molecule has 1 heterocycles. The van der Waals surface area contributed by atoms with Crippen LogP contribution in [0.25, 0.3) is 0 Å². The summed E-state index contributed by atoms with van der Waals surface area (Å²) in [5.41, 5.74) is 1.72. The van der Waals surface area contributed by atoms with Gasteiger partial charge in [-0.3, -0.25) is 9.59 Å². The van der Waals surface area contributed by atoms with Crippen molar-refractivity contribution in [3.8, 4) is 0 Å². The first kappa shape index (κ1) is 11.7. The Bertz CT molecular complexity index is 327. The van der Waals surface area contributed by atoms with Gasteiger partial charge in [0.15, 0.2) is 5.78 Å². The molecule has 0 fully saturated rings. The van der Waals surface area contributed by atoms with E-state index in [4.69, 9.17) is 0 Å². The quantitative estimate of drug-likeness (QED) is 0.615. The minimum atomic E-state index is -0.141. The molecule has 15 heavy (non-hydrogen) atoms. The second-order valence-electron chi connectivity index (χ2n) is 3.89. The van der Waals surface area contributed by atoms with Gasteiger partial charge in [0.05, 0.1) is 0 Å². The largest absolute Gasteiger partial charge is 0.352 e. The van der Waals surface area contributed by atoms with Crippen molar-refractivity contribution in [3.63, 3.8) is 0 Å². The summed E-state index contributed by atoms with van der Waals surface area (Å²) in [6.45, 7) is 4.33. The summed E-state index contributed by atoms with van der Waals surface area (Å²) >= 11 is 0. The van der Waals surface area contributed by atoms with E-state index in [-0.39, 0.29) is 11.7 Å². The molecular weight excluding hydrogens is 190 g/mol. The molecule has 0 radical (unpaired) electrons. The summed E-state index contributed by atoms with van der Waals surface area (Å²) in [6, 6.07) is 0. The maximum Gasteiger partial charge on any atom is 0.247 e. The van der Waals surface area contributed by atoms with Gasteiger partial charge in [-0.25, -0.2) is 0 Å². The molecule has 1 aliphatic rings. The van der Waals surface area contributed by atoms with Gasteiger partial charge >= 0.3 is 0 Å². The first-order valence-corrected chi connectivity index (χ1v) is 5.24. The molecule has 0 aromatic heterocycles. The van der Waals surface area contributed by atoms with Crippen molar-refractivity contribution in [1.29, 1.82) is 0 Å². The molecule has 3 nitrogen and oxygen atoms in total. The van der Waals surface area contributed by atoms with Crippen molar-refractivity contribution in [1.82, 2.24) is 5.32 Å². The number of nitrogens with one attached hydrogen (secondary N) is 1. The van der Waals surface area contributed by atoms with Crippen LogP contribution in [-0.2, 0) is 9.59 Å². The number of hydrogen-bond acceptors (Lipinski definition) is 2. The fraction of sp³-hybridized carbons (Fsp3) is 0.500. The maximum atomic E-state index is 11.4. The average Bonchev–Trinajstić information content (AvgIpc) is 2.18. The fourth-order valence-corrected chi connectivity index (χ4v) is 1.45. The smallest absolute Gasteiger partial charge is 0.247 e. The molecule has 0 atom stereocenters. The van der Waals surface area contributed by atoms with Crippen molar-refractivity contribution in [3.05, 3.63) is 23.3 Å². The van der Waals surface area contributed by atoms with E-state index in [0.717, 1.165) is 12.8 Å². The van der Waals surface area contributed by atoms with Gasteiger partial charge in [0.2, 0.25) is 5.91 Å². The van der Waals surface area contributed by atoms with E-state index < -0.39 is 0 Å². The SMILES string of the molecule is CC1=CCCC(=O)C=C(C)C(=O)NCC1. The minimum absolute atomic E-state index is 0.0219. The molecule has 0 unspecified atom stereocenters. The van der Waals surface area contributed by atoms with Crippen LogP contribution in [0.2, 0.25) is 0 Å². The zero-order valence-corrected chi connectivity index (χ0v) is 9.30. The summed E-state index contributed by atoms with van der Waals surface area (Å²) in [5.74, 6) is -0.119. The van der Waals surface area contributed by atoms with Crippen LogP contribution in [0.3, 0.4) is 0 Å². The number of carbonyl (C=O) groups excluding carboxylic acids is 2. The molecule has 0 spiro atoms. The molecule has 0 aromatic rings. The van der Waals surface area contributed by atoms with Gasteiger partial charge in [0.25, 0.3) is 0 Å². The molecule has 82 valence electrons. The van der Waals surface area contributed by atoms with Crippen LogP contribution in [0.5, 0.6) is 0 Å². The van der Waals surface area contributed by atoms with E-state index >= 15 is 0 Å². The average molecular weight is 207 g/mol. The normalized spacial score (nSPS) is 19.9. The third-order valence-electron chi connectivity index (χ3n) is 2.42. The summed E-state index contributed by atoms with van der Waals surface area (Å²) < 4.78 is 0. The van der Waals surface area contributed by atoms with Crippen molar-refractivity contribution < 1.29 is 9.59 Å². The molecule has 1 amide bonds. The number of hydrogen-bond donors (Lipinski definition) is 1. The van der Waals surface area contributed by atoms with Crippen LogP contribution in [0.4, 0.5) is 0 Å². The van der Waals surface area contributed by atoms with Crippen LogP contribution in [-0.4, -0.2) is 18.2 Å². The second-order valence-corrected chi connectivity index (χ2v) is 3.89. The van der Waals surface area contributed by atoms with Gasteiger partial charge in [-0.2, -0.15) is 0 Å². The van der Waals surface area contributed by atoms with Gasteiger partial charge in [0.1, 0.15) is 0 Å². The number of ketones is 1. The van der Waals surface area contributed by atoms with Crippen LogP contribution >= 0.6 is 0 Å². The molecular formula is C12H17NO2. The van der Waals surface area contributed by atoms with Crippen LogP contribution in [0.1, 0.15) is 33.1 Å². The number of rotatable bonds is 0. The Balaban J connectivity index is 2.75. The molecule has 1 rings (SSSR count). The Morgan fingerprint density at radius 2 is 1.93 bits per heavy atom. The van der Waals surface area contributed by atoms with Crippen molar-refractivity contribution in [2.75, 3.05) is 6.54 Å². The molecule has 0 saturated heterocycles. The molecule has 3 heteroatoms. The first-order valence-electron chi connectivity index (χ1n) is 5.24. The highest BCUT2D eigenvalue weighted by molar-refractivity contribution is 6.01. The van der Waals surface area contributed by atoms with E-state index in [9.17, 15) is 9.59 Å². The van der Waals surface area contributed by atoms with Gasteiger partial charge < -0.3 is 5.32 Å². The van der Waals surface area contributed by atoms with E-state index in [1.165, 1.54) is 11.6 Å². The highest BCUT2D eigenvalue weighted by Crippen LogP contribution is 2.06. The Labute approximate surface area is 90.2 Å². The summed E-state index contributed by atoms with van der Waals surface area (Å²) in [5, 5.41) is 2.78. The van der Waals surface area contributed by atoms with E-state index in [1.807, 2.05) is 6.92 Å². The molecule has 1 aliphatic heterocycles. The van der Waals surface area contributed by atoms with Crippen LogP contribution in [0.15, 0.2) is 23.3 Å². The lowest BCUT2D eigenvalue weighted by Gasteiger charge is -2.04. The van der Waals surface area contributed by atoms with Crippen molar-refractivity contribution in [2.24, 2.45) is 0 Å². The lowest BCUT2D eigenvalue weighted by molar-refractivity contribution is -0.118. The zero-order valence-electron chi connectivity index (χ0n) is 9.30. The van der Waals surface area contributed by atoms with E-state index in [2.05, 4.69) is 11.4 Å². The third kappa shape index (κ3) is 4.11. The number of carbonyl (C=O) groups is 2. The Morgan fingerprint density at radius 3 is 2.67 bits per heavy atom. The van der Waals surface area contributed by atoms with Crippen molar-refractivity contribution >= 4 is 11.7 Å². The highest BCUT2D eigenvalue weighted by Gasteiger charge is 2.07. The molecule has 1 N–H and O–H groups in total. The molecule has 0 aliphatic carbocycles. The third-order valence-corrected chi connectivity index (χ3v) is 2.42. The number of allylic oxidation sites excluding steroid dienone is 2. The van der Waals surface area contributed by atoms with Crippen molar-refractivity contribution in [2.45, 2.75) is 33.1 Å². The zero-order chi connectivity index (χ0) is 11.3. The van der Waals surface area contributed by atoms with Gasteiger partial charge in [-0.05, 0) is 32.8 Å². The lowest BCUT2D eigenvalue weighted by Crippen LogP contribution is -2.25. The fourth-order valence-electron chi connectivity index (χ4n) is 1.45. The summed E-state index contributed by atoms with van der Waals surface area (Å²) in [6.07, 6.45) is 5.61. The molecule has 0 aromatic carbocycles. The number of amides is 1. The summed E-state index contributed by atoms with van der Waals surface area (Å²) in [7, 11) is 0. The standard InChI is InChI=1S/C12H17NO2/c1-9-4-3-5-11(14)8-10(2)12(15)13-7-6-9/h4,8H,3,5-7H2,1-2H3,(H,13,15). The highest BCUT2D eigenvalue weighted by atomic mass is 16.2. The maximum absolute atomic E-state index is 11.4. The van der Waals surface area contributed by atoms with Gasteiger partial charge in [-0.15, -0.1) is 0 Å². The molecule has 0 saturated carbocycles. The van der Waals surface area contributed by atoms with Crippen LogP contribution in [0, 0.1) is 0 Å². The van der Waals surface area contributed by atoms with E-state index in [1.54, 1.807) is 6.92 Å². The Kier molecular flexibility index (Phi) is 4.28. The summed E-state index contributed by atoms with van der Waals surface area (Å²) in [4.78, 5) is 22.8. The Hall–Kier alpha value is -1.38.